The third kappa shape index (κ3) is 3.40. The number of hydrogen-bond donors (Lipinski definition) is 1. The highest BCUT2D eigenvalue weighted by molar-refractivity contribution is 5.96. The van der Waals surface area contributed by atoms with Crippen molar-refractivity contribution >= 4 is 17.3 Å². The average molecular weight is 282 g/mol. The molecule has 0 aromatic heterocycles. The van der Waals surface area contributed by atoms with Gasteiger partial charge in [-0.05, 0) is 31.9 Å². The van der Waals surface area contributed by atoms with Gasteiger partial charge in [0.05, 0.1) is 17.9 Å². The fraction of sp³-hybridized carbons (Fsp3) is 0.533. The van der Waals surface area contributed by atoms with Gasteiger partial charge in [-0.15, -0.1) is 0 Å². The van der Waals surface area contributed by atoms with E-state index in [1.165, 1.54) is 12.1 Å². The zero-order valence-electron chi connectivity index (χ0n) is 12.7. The summed E-state index contributed by atoms with van der Waals surface area (Å²) in [5.74, 6) is -0.620. The molecule has 1 aromatic rings. The SMILES string of the molecule is CCOC(=O)c1cc(N(C)C(C)C(C)C)c(F)cc1N. The first kappa shape index (κ1) is 16.3. The Labute approximate surface area is 119 Å². The first-order chi connectivity index (χ1) is 9.29. The lowest BCUT2D eigenvalue weighted by Gasteiger charge is -2.30. The summed E-state index contributed by atoms with van der Waals surface area (Å²) in [5.41, 5.74) is 6.34. The number of carbonyl (C=O) groups excluding carboxylic acids is 1. The zero-order chi connectivity index (χ0) is 15.4. The molecule has 2 N–H and O–H groups in total. The fourth-order valence-corrected chi connectivity index (χ4v) is 1.90. The molecule has 0 saturated heterocycles. The molecule has 1 rings (SSSR count). The number of carbonyl (C=O) groups is 1. The van der Waals surface area contributed by atoms with Crippen LogP contribution in [0.2, 0.25) is 0 Å². The Morgan fingerprint density at radius 2 is 2.00 bits per heavy atom. The van der Waals surface area contributed by atoms with Crippen molar-refractivity contribution in [1.29, 1.82) is 0 Å². The number of ether oxygens (including phenoxy) is 1. The number of hydrogen-bond acceptors (Lipinski definition) is 4. The second kappa shape index (κ2) is 6.59. The maximum Gasteiger partial charge on any atom is 0.340 e. The van der Waals surface area contributed by atoms with E-state index in [1.54, 1.807) is 14.0 Å². The summed E-state index contributed by atoms with van der Waals surface area (Å²) < 4.78 is 19.0. The third-order valence-corrected chi connectivity index (χ3v) is 3.57. The Morgan fingerprint density at radius 1 is 1.40 bits per heavy atom. The van der Waals surface area contributed by atoms with Crippen LogP contribution in [0.25, 0.3) is 0 Å². The molecule has 0 radical (unpaired) electrons. The molecule has 0 aliphatic rings. The van der Waals surface area contributed by atoms with Gasteiger partial charge in [-0.25, -0.2) is 9.18 Å². The molecule has 1 atom stereocenters. The van der Waals surface area contributed by atoms with Gasteiger partial charge in [0.25, 0.3) is 0 Å². The van der Waals surface area contributed by atoms with E-state index in [4.69, 9.17) is 10.5 Å². The molecular weight excluding hydrogens is 259 g/mol. The summed E-state index contributed by atoms with van der Waals surface area (Å²) >= 11 is 0. The van der Waals surface area contributed by atoms with Crippen molar-refractivity contribution in [2.24, 2.45) is 5.92 Å². The number of nitrogens with zero attached hydrogens (tertiary/aromatic N) is 1. The molecule has 0 aliphatic heterocycles. The van der Waals surface area contributed by atoms with Gasteiger partial charge >= 0.3 is 5.97 Å². The lowest BCUT2D eigenvalue weighted by atomic mass is 10.0. The van der Waals surface area contributed by atoms with Gasteiger partial charge < -0.3 is 15.4 Å². The number of nitrogen functional groups attached to an aromatic ring is 1. The van der Waals surface area contributed by atoms with Crippen molar-refractivity contribution in [2.75, 3.05) is 24.3 Å². The van der Waals surface area contributed by atoms with E-state index in [1.807, 2.05) is 11.8 Å². The number of benzene rings is 1. The molecule has 0 spiro atoms. The molecular formula is C15H23FN2O2. The smallest absolute Gasteiger partial charge is 0.340 e. The van der Waals surface area contributed by atoms with Gasteiger partial charge in [-0.1, -0.05) is 13.8 Å². The van der Waals surface area contributed by atoms with E-state index in [0.717, 1.165) is 0 Å². The molecule has 0 fully saturated rings. The monoisotopic (exact) mass is 282 g/mol. The summed E-state index contributed by atoms with van der Waals surface area (Å²) in [5, 5.41) is 0. The van der Waals surface area contributed by atoms with Crippen molar-refractivity contribution in [3.63, 3.8) is 0 Å². The van der Waals surface area contributed by atoms with Crippen LogP contribution in [0.15, 0.2) is 12.1 Å². The van der Waals surface area contributed by atoms with Crippen molar-refractivity contribution in [3.8, 4) is 0 Å². The van der Waals surface area contributed by atoms with E-state index in [0.29, 0.717) is 11.6 Å². The van der Waals surface area contributed by atoms with Crippen LogP contribution in [0.5, 0.6) is 0 Å². The molecule has 5 heteroatoms. The van der Waals surface area contributed by atoms with E-state index < -0.39 is 11.8 Å². The molecule has 0 saturated carbocycles. The van der Waals surface area contributed by atoms with Gasteiger partial charge in [-0.2, -0.15) is 0 Å². The number of esters is 1. The first-order valence-corrected chi connectivity index (χ1v) is 6.78. The highest BCUT2D eigenvalue weighted by Crippen LogP contribution is 2.28. The average Bonchev–Trinajstić information content (AvgIpc) is 2.37. The standard InChI is InChI=1S/C15H23FN2O2/c1-6-20-15(19)11-7-14(12(16)8-13(11)17)18(5)10(4)9(2)3/h7-10H,6,17H2,1-5H3. The molecule has 0 amide bonds. The minimum Gasteiger partial charge on any atom is -0.462 e. The lowest BCUT2D eigenvalue weighted by Crippen LogP contribution is -2.34. The number of rotatable bonds is 5. The summed E-state index contributed by atoms with van der Waals surface area (Å²) in [6.45, 7) is 8.09. The fourth-order valence-electron chi connectivity index (χ4n) is 1.90. The van der Waals surface area contributed by atoms with E-state index >= 15 is 0 Å². The van der Waals surface area contributed by atoms with Gasteiger partial charge in [-0.3, -0.25) is 0 Å². The largest absolute Gasteiger partial charge is 0.462 e. The van der Waals surface area contributed by atoms with Crippen LogP contribution < -0.4 is 10.6 Å². The lowest BCUT2D eigenvalue weighted by molar-refractivity contribution is 0.0527. The maximum absolute atomic E-state index is 14.1. The van der Waals surface area contributed by atoms with Crippen molar-refractivity contribution < 1.29 is 13.9 Å². The molecule has 4 nitrogen and oxygen atoms in total. The summed E-state index contributed by atoms with van der Waals surface area (Å²) in [7, 11) is 1.80. The normalized spacial score (nSPS) is 12.3. The van der Waals surface area contributed by atoms with Crippen LogP contribution in [0.3, 0.4) is 0 Å². The van der Waals surface area contributed by atoms with E-state index in [-0.39, 0.29) is 23.9 Å². The maximum atomic E-state index is 14.1. The topological polar surface area (TPSA) is 55.6 Å². The Balaban J connectivity index is 3.21. The third-order valence-electron chi connectivity index (χ3n) is 3.57. The number of nitrogens with two attached hydrogens (primary N) is 1. The zero-order valence-corrected chi connectivity index (χ0v) is 12.7. The highest BCUT2D eigenvalue weighted by atomic mass is 19.1. The first-order valence-electron chi connectivity index (χ1n) is 6.78. The summed E-state index contributed by atoms with van der Waals surface area (Å²) in [6, 6.07) is 2.76. The molecule has 1 aromatic carbocycles. The molecule has 0 heterocycles. The quantitative estimate of drug-likeness (QED) is 0.666. The Hall–Kier alpha value is -1.78. The highest BCUT2D eigenvalue weighted by Gasteiger charge is 2.21. The Morgan fingerprint density at radius 3 is 2.50 bits per heavy atom. The van der Waals surface area contributed by atoms with Crippen LogP contribution in [0.4, 0.5) is 15.8 Å². The van der Waals surface area contributed by atoms with Gasteiger partial charge in [0.15, 0.2) is 0 Å². The minimum atomic E-state index is -0.531. The predicted molar refractivity (Wildman–Crippen MR) is 79.5 cm³/mol. The molecule has 112 valence electrons. The molecule has 20 heavy (non-hydrogen) atoms. The van der Waals surface area contributed by atoms with E-state index in [2.05, 4.69) is 13.8 Å². The van der Waals surface area contributed by atoms with Crippen LogP contribution in [0.1, 0.15) is 38.1 Å². The molecule has 0 bridgehead atoms. The predicted octanol–water partition coefficient (Wildman–Crippen LogP) is 3.07. The summed E-state index contributed by atoms with van der Waals surface area (Å²) in [6.07, 6.45) is 0. The van der Waals surface area contributed by atoms with E-state index in [9.17, 15) is 9.18 Å². The van der Waals surface area contributed by atoms with Gasteiger partial charge in [0.2, 0.25) is 0 Å². The Bertz CT molecular complexity index is 489. The van der Waals surface area contributed by atoms with Crippen molar-refractivity contribution in [2.45, 2.75) is 33.7 Å². The number of anilines is 2. The Kier molecular flexibility index (Phi) is 5.36. The van der Waals surface area contributed by atoms with Crippen molar-refractivity contribution in [3.05, 3.63) is 23.5 Å². The minimum absolute atomic E-state index is 0.0929. The van der Waals surface area contributed by atoms with Crippen LogP contribution in [-0.2, 0) is 4.74 Å². The molecule has 1 unspecified atom stereocenters. The van der Waals surface area contributed by atoms with Crippen LogP contribution in [-0.4, -0.2) is 25.7 Å². The number of halogens is 1. The second-order valence-corrected chi connectivity index (χ2v) is 5.21. The van der Waals surface area contributed by atoms with Crippen LogP contribution in [0, 0.1) is 11.7 Å². The van der Waals surface area contributed by atoms with Gasteiger partial charge in [0, 0.05) is 18.8 Å². The molecule has 0 aliphatic carbocycles. The van der Waals surface area contributed by atoms with Gasteiger partial charge in [0.1, 0.15) is 5.82 Å². The second-order valence-electron chi connectivity index (χ2n) is 5.21. The van der Waals surface area contributed by atoms with Crippen molar-refractivity contribution in [1.82, 2.24) is 0 Å². The van der Waals surface area contributed by atoms with Crippen LogP contribution >= 0.6 is 0 Å². The summed E-state index contributed by atoms with van der Waals surface area (Å²) in [4.78, 5) is 13.6.